The Bertz CT molecular complexity index is 445. The number of carbonyl (C=O) groups is 3. The van der Waals surface area contributed by atoms with Gasteiger partial charge < -0.3 is 20.9 Å². The number of nitrogens with two attached hydrogens (primary N) is 1. The first-order valence-electron chi connectivity index (χ1n) is 7.12. The van der Waals surface area contributed by atoms with Gasteiger partial charge in [0.2, 0.25) is 17.7 Å². The van der Waals surface area contributed by atoms with Crippen LogP contribution in [0.15, 0.2) is 0 Å². The molecular formula is C13H22N4O3S. The van der Waals surface area contributed by atoms with Crippen molar-refractivity contribution in [2.24, 2.45) is 5.73 Å². The van der Waals surface area contributed by atoms with E-state index in [-0.39, 0.29) is 30.3 Å². The lowest BCUT2D eigenvalue weighted by molar-refractivity contribution is -0.152. The van der Waals surface area contributed by atoms with Crippen molar-refractivity contribution in [3.05, 3.63) is 0 Å². The molecule has 21 heavy (non-hydrogen) atoms. The minimum absolute atomic E-state index is 0.0582. The van der Waals surface area contributed by atoms with Gasteiger partial charge in [-0.25, -0.2) is 0 Å². The third-order valence-electron chi connectivity index (χ3n) is 3.84. The molecule has 7 nitrogen and oxygen atoms in total. The van der Waals surface area contributed by atoms with Crippen molar-refractivity contribution in [1.82, 2.24) is 15.1 Å². The third-order valence-corrected chi connectivity index (χ3v) is 4.84. The van der Waals surface area contributed by atoms with Gasteiger partial charge >= 0.3 is 0 Å². The van der Waals surface area contributed by atoms with E-state index in [0.29, 0.717) is 18.7 Å². The van der Waals surface area contributed by atoms with E-state index >= 15 is 0 Å². The van der Waals surface area contributed by atoms with Crippen LogP contribution in [0.4, 0.5) is 0 Å². The molecule has 0 aromatic heterocycles. The highest BCUT2D eigenvalue weighted by molar-refractivity contribution is 7.99. The van der Waals surface area contributed by atoms with E-state index < -0.39 is 12.1 Å². The van der Waals surface area contributed by atoms with Crippen LogP contribution in [0.1, 0.15) is 13.3 Å². The number of likely N-dealkylation sites (N-methyl/N-ethyl adjacent to an activating group) is 1. The largest absolute Gasteiger partial charge is 0.350 e. The summed E-state index contributed by atoms with van der Waals surface area (Å²) in [7, 11) is 1.63. The first-order valence-corrected chi connectivity index (χ1v) is 8.27. The monoisotopic (exact) mass is 314 g/mol. The number of nitrogens with one attached hydrogen (secondary N) is 1. The number of rotatable bonds is 5. The number of hydrogen-bond acceptors (Lipinski definition) is 5. The molecule has 2 heterocycles. The molecule has 3 atom stereocenters. The van der Waals surface area contributed by atoms with E-state index in [9.17, 15) is 14.4 Å². The van der Waals surface area contributed by atoms with Crippen LogP contribution >= 0.6 is 11.8 Å². The highest BCUT2D eigenvalue weighted by atomic mass is 32.2. The molecule has 8 heteroatoms. The molecule has 2 aliphatic rings. The molecule has 0 aliphatic carbocycles. The average molecular weight is 314 g/mol. The topological polar surface area (TPSA) is 95.7 Å². The third kappa shape index (κ3) is 3.49. The molecule has 0 aromatic carbocycles. The van der Waals surface area contributed by atoms with E-state index in [4.69, 9.17) is 5.73 Å². The first-order chi connectivity index (χ1) is 9.93. The van der Waals surface area contributed by atoms with Crippen LogP contribution in [0, 0.1) is 0 Å². The molecule has 3 amide bonds. The molecule has 0 saturated carbocycles. The zero-order chi connectivity index (χ0) is 15.6. The number of carbonyl (C=O) groups excluding carboxylic acids is 3. The maximum absolute atomic E-state index is 12.1. The van der Waals surface area contributed by atoms with Gasteiger partial charge in [0.25, 0.3) is 0 Å². The van der Waals surface area contributed by atoms with Crippen molar-refractivity contribution in [2.45, 2.75) is 31.5 Å². The van der Waals surface area contributed by atoms with Crippen LogP contribution < -0.4 is 11.1 Å². The summed E-state index contributed by atoms with van der Waals surface area (Å²) in [6.45, 7) is 2.52. The van der Waals surface area contributed by atoms with Gasteiger partial charge in [0.1, 0.15) is 6.04 Å². The lowest BCUT2D eigenvalue weighted by Gasteiger charge is -2.33. The second-order valence-electron chi connectivity index (χ2n) is 5.46. The number of piperazine rings is 1. The highest BCUT2D eigenvalue weighted by Gasteiger charge is 2.45. The minimum Gasteiger partial charge on any atom is -0.350 e. The minimum atomic E-state index is -0.554. The maximum atomic E-state index is 12.1. The van der Waals surface area contributed by atoms with E-state index in [2.05, 4.69) is 5.32 Å². The lowest BCUT2D eigenvalue weighted by atomic mass is 10.1. The number of amides is 3. The van der Waals surface area contributed by atoms with Gasteiger partial charge in [-0.2, -0.15) is 11.8 Å². The molecule has 2 rings (SSSR count). The smallest absolute Gasteiger partial charge is 0.245 e. The summed E-state index contributed by atoms with van der Waals surface area (Å²) in [5.74, 6) is 1.15. The van der Waals surface area contributed by atoms with Gasteiger partial charge in [0.05, 0.1) is 12.6 Å². The molecule has 0 bridgehead atoms. The predicted octanol–water partition coefficient (Wildman–Crippen LogP) is -1.38. The van der Waals surface area contributed by atoms with Gasteiger partial charge in [-0.05, 0) is 12.2 Å². The number of hydrogen-bond donors (Lipinski definition) is 2. The Kier molecular flexibility index (Phi) is 5.10. The molecule has 0 aromatic rings. The Balaban J connectivity index is 1.91. The maximum Gasteiger partial charge on any atom is 0.245 e. The summed E-state index contributed by atoms with van der Waals surface area (Å²) in [5, 5.41) is 2.86. The molecule has 2 aliphatic heterocycles. The Morgan fingerprint density at radius 3 is 2.90 bits per heavy atom. The summed E-state index contributed by atoms with van der Waals surface area (Å²) in [6.07, 6.45) is 0.467. The molecule has 0 radical (unpaired) electrons. The molecule has 0 unspecified atom stereocenters. The number of thioether (sulfide) groups is 1. The van der Waals surface area contributed by atoms with Crippen LogP contribution in [0.2, 0.25) is 0 Å². The lowest BCUT2D eigenvalue weighted by Crippen LogP contribution is -2.56. The summed E-state index contributed by atoms with van der Waals surface area (Å²) in [4.78, 5) is 39.0. The summed E-state index contributed by atoms with van der Waals surface area (Å²) >= 11 is 1.61. The SMILES string of the molecule is CCSC[C@H](N)C(=O)N[C@H]1C[C@H]2C(=O)N(C)CC(=O)N2C1. The number of nitrogens with zero attached hydrogens (tertiary/aromatic N) is 2. The zero-order valence-corrected chi connectivity index (χ0v) is 13.2. The molecule has 2 saturated heterocycles. The predicted molar refractivity (Wildman–Crippen MR) is 80.7 cm³/mol. The van der Waals surface area contributed by atoms with Gasteiger partial charge in [-0.3, -0.25) is 14.4 Å². The van der Waals surface area contributed by atoms with Gasteiger partial charge in [-0.15, -0.1) is 0 Å². The van der Waals surface area contributed by atoms with E-state index in [1.165, 1.54) is 4.90 Å². The summed E-state index contributed by atoms with van der Waals surface area (Å²) < 4.78 is 0. The second-order valence-corrected chi connectivity index (χ2v) is 6.78. The molecule has 118 valence electrons. The zero-order valence-electron chi connectivity index (χ0n) is 12.4. The van der Waals surface area contributed by atoms with Crippen LogP contribution in [0.5, 0.6) is 0 Å². The van der Waals surface area contributed by atoms with Gasteiger partial charge in [-0.1, -0.05) is 6.92 Å². The number of fused-ring (bicyclic) bond motifs is 1. The van der Waals surface area contributed by atoms with Crippen molar-refractivity contribution in [2.75, 3.05) is 31.6 Å². The van der Waals surface area contributed by atoms with Crippen molar-refractivity contribution in [1.29, 1.82) is 0 Å². The van der Waals surface area contributed by atoms with E-state index in [1.54, 1.807) is 23.7 Å². The van der Waals surface area contributed by atoms with Crippen LogP contribution in [0.25, 0.3) is 0 Å². The Hall–Kier alpha value is -1.28. The Morgan fingerprint density at radius 1 is 1.52 bits per heavy atom. The van der Waals surface area contributed by atoms with E-state index in [1.807, 2.05) is 6.92 Å². The summed E-state index contributed by atoms with van der Waals surface area (Å²) in [5.41, 5.74) is 5.82. The standard InChI is InChI=1S/C13H22N4O3S/c1-3-21-7-9(14)12(19)15-8-4-10-13(20)16(2)6-11(18)17(10)5-8/h8-10H,3-7,14H2,1-2H3,(H,15,19)/t8-,9-,10-/m0/s1. The van der Waals surface area contributed by atoms with Crippen molar-refractivity contribution in [3.8, 4) is 0 Å². The van der Waals surface area contributed by atoms with Crippen LogP contribution in [-0.4, -0.2) is 77.3 Å². The quantitative estimate of drug-likeness (QED) is 0.652. The van der Waals surface area contributed by atoms with Crippen LogP contribution in [-0.2, 0) is 14.4 Å². The Morgan fingerprint density at radius 2 is 2.24 bits per heavy atom. The van der Waals surface area contributed by atoms with Crippen molar-refractivity contribution >= 4 is 29.5 Å². The fraction of sp³-hybridized carbons (Fsp3) is 0.769. The molecule has 0 spiro atoms. The Labute approximate surface area is 128 Å². The summed E-state index contributed by atoms with van der Waals surface area (Å²) in [6, 6.07) is -1.19. The fourth-order valence-corrected chi connectivity index (χ4v) is 3.35. The van der Waals surface area contributed by atoms with Gasteiger partial charge in [0.15, 0.2) is 0 Å². The van der Waals surface area contributed by atoms with Crippen molar-refractivity contribution in [3.63, 3.8) is 0 Å². The molecule has 3 N–H and O–H groups in total. The fourth-order valence-electron chi connectivity index (χ4n) is 2.71. The van der Waals surface area contributed by atoms with Gasteiger partial charge in [0, 0.05) is 25.4 Å². The highest BCUT2D eigenvalue weighted by Crippen LogP contribution is 2.23. The normalized spacial score (nSPS) is 26.8. The molecular weight excluding hydrogens is 292 g/mol. The van der Waals surface area contributed by atoms with Crippen LogP contribution in [0.3, 0.4) is 0 Å². The average Bonchev–Trinajstić information content (AvgIpc) is 2.86. The van der Waals surface area contributed by atoms with E-state index in [0.717, 1.165) is 5.75 Å². The first kappa shape index (κ1) is 16.1. The second kappa shape index (κ2) is 6.65. The van der Waals surface area contributed by atoms with Crippen molar-refractivity contribution < 1.29 is 14.4 Å². The molecule has 2 fully saturated rings.